The number of fused-ring (bicyclic) bond motifs is 1. The zero-order valence-electron chi connectivity index (χ0n) is 17.7. The van der Waals surface area contributed by atoms with Crippen molar-refractivity contribution in [3.05, 3.63) is 106 Å². The van der Waals surface area contributed by atoms with Crippen molar-refractivity contribution in [2.24, 2.45) is 0 Å². The average molecular weight is 399 g/mol. The number of carbonyl (C=O) groups is 1. The summed E-state index contributed by atoms with van der Waals surface area (Å²) in [5, 5.41) is 3.04. The second kappa shape index (κ2) is 9.73. The molecule has 1 heterocycles. The van der Waals surface area contributed by atoms with Gasteiger partial charge >= 0.3 is 0 Å². The van der Waals surface area contributed by atoms with E-state index in [2.05, 4.69) is 77.8 Å². The van der Waals surface area contributed by atoms with Crippen LogP contribution >= 0.6 is 0 Å². The predicted molar refractivity (Wildman–Crippen MR) is 123 cm³/mol. The van der Waals surface area contributed by atoms with Crippen LogP contribution < -0.4 is 5.32 Å². The van der Waals surface area contributed by atoms with Crippen LogP contribution in [-0.4, -0.2) is 23.9 Å². The molecule has 0 unspecified atom stereocenters. The van der Waals surface area contributed by atoms with Crippen molar-refractivity contribution in [1.82, 2.24) is 10.2 Å². The van der Waals surface area contributed by atoms with Gasteiger partial charge in [0.1, 0.15) is 0 Å². The van der Waals surface area contributed by atoms with Crippen molar-refractivity contribution in [2.75, 3.05) is 13.1 Å². The minimum atomic E-state index is 0.0114. The molecular weight excluding hydrogens is 368 g/mol. The largest absolute Gasteiger partial charge is 0.352 e. The van der Waals surface area contributed by atoms with Crippen LogP contribution in [0.5, 0.6) is 0 Å². The van der Waals surface area contributed by atoms with Gasteiger partial charge in [0, 0.05) is 31.7 Å². The molecule has 1 N–H and O–H groups in total. The summed E-state index contributed by atoms with van der Waals surface area (Å²) < 4.78 is 0. The Bertz CT molecular complexity index is 977. The van der Waals surface area contributed by atoms with Crippen molar-refractivity contribution < 1.29 is 4.79 Å². The Labute approximate surface area is 179 Å². The van der Waals surface area contributed by atoms with Gasteiger partial charge in [-0.2, -0.15) is 0 Å². The van der Waals surface area contributed by atoms with Gasteiger partial charge in [-0.05, 0) is 60.6 Å². The summed E-state index contributed by atoms with van der Waals surface area (Å²) in [6.45, 7) is 5.80. The van der Waals surface area contributed by atoms with Gasteiger partial charge in [0.2, 0.25) is 0 Å². The van der Waals surface area contributed by atoms with Crippen LogP contribution in [0.3, 0.4) is 0 Å². The van der Waals surface area contributed by atoms with E-state index in [9.17, 15) is 4.79 Å². The lowest BCUT2D eigenvalue weighted by Crippen LogP contribution is -2.30. The van der Waals surface area contributed by atoms with Crippen LogP contribution in [0.1, 0.15) is 44.6 Å². The number of hydrogen-bond donors (Lipinski definition) is 1. The van der Waals surface area contributed by atoms with Gasteiger partial charge in [-0.1, -0.05) is 66.2 Å². The normalized spacial score (nSPS) is 13.6. The number of hydrogen-bond acceptors (Lipinski definition) is 2. The molecule has 0 fully saturated rings. The first-order valence-corrected chi connectivity index (χ1v) is 10.9. The zero-order valence-corrected chi connectivity index (χ0v) is 17.7. The van der Waals surface area contributed by atoms with Crippen molar-refractivity contribution >= 4 is 5.91 Å². The van der Waals surface area contributed by atoms with E-state index in [1.165, 1.54) is 27.8 Å². The summed E-state index contributed by atoms with van der Waals surface area (Å²) >= 11 is 0. The summed E-state index contributed by atoms with van der Waals surface area (Å²) in [4.78, 5) is 14.9. The number of amides is 1. The maximum Gasteiger partial charge on any atom is 0.251 e. The Hall–Kier alpha value is -2.91. The van der Waals surface area contributed by atoms with Crippen molar-refractivity contribution in [1.29, 1.82) is 0 Å². The molecule has 1 aliphatic rings. The molecule has 0 saturated heterocycles. The lowest BCUT2D eigenvalue weighted by molar-refractivity contribution is 0.0953. The van der Waals surface area contributed by atoms with E-state index in [1.807, 2.05) is 12.1 Å². The maximum atomic E-state index is 12.4. The van der Waals surface area contributed by atoms with Gasteiger partial charge in [-0.3, -0.25) is 9.69 Å². The SMILES string of the molecule is Cc1ccc(CCCNC(=O)c2ccc(CN3CCc4ccccc4C3)cc2)cc1. The molecule has 0 saturated carbocycles. The summed E-state index contributed by atoms with van der Waals surface area (Å²) in [6.07, 6.45) is 3.04. The van der Waals surface area contributed by atoms with Gasteiger partial charge < -0.3 is 5.32 Å². The molecule has 0 aliphatic carbocycles. The molecular formula is C27H30N2O. The third-order valence-electron chi connectivity index (χ3n) is 5.88. The lowest BCUT2D eigenvalue weighted by Gasteiger charge is -2.28. The van der Waals surface area contributed by atoms with E-state index in [-0.39, 0.29) is 5.91 Å². The number of nitrogens with zero attached hydrogens (tertiary/aromatic N) is 1. The Morgan fingerprint density at radius 1 is 0.900 bits per heavy atom. The van der Waals surface area contributed by atoms with Gasteiger partial charge in [-0.25, -0.2) is 0 Å². The van der Waals surface area contributed by atoms with Crippen LogP contribution in [0.15, 0.2) is 72.8 Å². The number of benzene rings is 3. The third-order valence-corrected chi connectivity index (χ3v) is 5.88. The van der Waals surface area contributed by atoms with Gasteiger partial charge in [0.05, 0.1) is 0 Å². The van der Waals surface area contributed by atoms with E-state index >= 15 is 0 Å². The van der Waals surface area contributed by atoms with E-state index in [1.54, 1.807) is 0 Å². The summed E-state index contributed by atoms with van der Waals surface area (Å²) in [5.41, 5.74) is 7.50. The van der Waals surface area contributed by atoms with Crippen LogP contribution in [-0.2, 0) is 25.9 Å². The molecule has 4 rings (SSSR count). The summed E-state index contributed by atoms with van der Waals surface area (Å²) in [5.74, 6) is 0.0114. The number of nitrogens with one attached hydrogen (secondary N) is 1. The summed E-state index contributed by atoms with van der Waals surface area (Å²) in [7, 11) is 0. The van der Waals surface area contributed by atoms with E-state index in [0.717, 1.165) is 44.5 Å². The smallest absolute Gasteiger partial charge is 0.251 e. The fourth-order valence-corrected chi connectivity index (χ4v) is 4.06. The molecule has 3 aromatic carbocycles. The van der Waals surface area contributed by atoms with Crippen LogP contribution in [0, 0.1) is 6.92 Å². The molecule has 0 spiro atoms. The van der Waals surface area contributed by atoms with Gasteiger partial charge in [0.15, 0.2) is 0 Å². The number of aryl methyl sites for hydroxylation is 2. The molecule has 1 amide bonds. The molecule has 3 heteroatoms. The second-order valence-electron chi connectivity index (χ2n) is 8.27. The molecule has 1 aliphatic heterocycles. The molecule has 3 aromatic rings. The van der Waals surface area contributed by atoms with Crippen molar-refractivity contribution in [3.63, 3.8) is 0 Å². The van der Waals surface area contributed by atoms with Crippen LogP contribution in [0.4, 0.5) is 0 Å². The Balaban J connectivity index is 1.23. The lowest BCUT2D eigenvalue weighted by atomic mass is 9.99. The molecule has 154 valence electrons. The van der Waals surface area contributed by atoms with E-state index in [0.29, 0.717) is 6.54 Å². The van der Waals surface area contributed by atoms with Crippen molar-refractivity contribution in [2.45, 2.75) is 39.3 Å². The monoisotopic (exact) mass is 398 g/mol. The van der Waals surface area contributed by atoms with E-state index in [4.69, 9.17) is 0 Å². The molecule has 30 heavy (non-hydrogen) atoms. The average Bonchev–Trinajstić information content (AvgIpc) is 2.78. The van der Waals surface area contributed by atoms with Gasteiger partial charge in [-0.15, -0.1) is 0 Å². The molecule has 0 aromatic heterocycles. The topological polar surface area (TPSA) is 32.3 Å². The van der Waals surface area contributed by atoms with E-state index < -0.39 is 0 Å². The first kappa shape index (κ1) is 20.4. The van der Waals surface area contributed by atoms with Crippen molar-refractivity contribution in [3.8, 4) is 0 Å². The predicted octanol–water partition coefficient (Wildman–Crippen LogP) is 4.92. The minimum Gasteiger partial charge on any atom is -0.352 e. The zero-order chi connectivity index (χ0) is 20.8. The Kier molecular flexibility index (Phi) is 6.60. The fraction of sp³-hybridized carbons (Fsp3) is 0.296. The maximum absolute atomic E-state index is 12.4. The third kappa shape index (κ3) is 5.37. The first-order chi connectivity index (χ1) is 14.7. The summed E-state index contributed by atoms with van der Waals surface area (Å²) in [6, 6.07) is 25.4. The Morgan fingerprint density at radius 2 is 1.60 bits per heavy atom. The highest BCUT2D eigenvalue weighted by atomic mass is 16.1. The van der Waals surface area contributed by atoms with Gasteiger partial charge in [0.25, 0.3) is 5.91 Å². The highest BCUT2D eigenvalue weighted by Gasteiger charge is 2.15. The highest BCUT2D eigenvalue weighted by Crippen LogP contribution is 2.20. The van der Waals surface area contributed by atoms with Crippen LogP contribution in [0.2, 0.25) is 0 Å². The second-order valence-corrected chi connectivity index (χ2v) is 8.27. The first-order valence-electron chi connectivity index (χ1n) is 10.9. The molecule has 0 atom stereocenters. The quantitative estimate of drug-likeness (QED) is 0.573. The number of rotatable bonds is 7. The highest BCUT2D eigenvalue weighted by molar-refractivity contribution is 5.94. The standard InChI is InChI=1S/C27H30N2O/c1-21-8-10-22(11-9-21)5-4-17-28-27(30)25-14-12-23(13-15-25)19-29-18-16-24-6-2-3-7-26(24)20-29/h2-3,6-15H,4-5,16-20H2,1H3,(H,28,30). The molecule has 0 bridgehead atoms. The Morgan fingerprint density at radius 3 is 2.37 bits per heavy atom. The van der Waals surface area contributed by atoms with Crippen LogP contribution in [0.25, 0.3) is 0 Å². The minimum absolute atomic E-state index is 0.0114. The fourth-order valence-electron chi connectivity index (χ4n) is 4.06. The molecule has 0 radical (unpaired) electrons. The number of carbonyl (C=O) groups excluding carboxylic acids is 1. The molecule has 3 nitrogen and oxygen atoms in total.